The summed E-state index contributed by atoms with van der Waals surface area (Å²) >= 11 is 0. The zero-order valence-corrected chi connectivity index (χ0v) is 19.0. The van der Waals surface area contributed by atoms with E-state index in [9.17, 15) is 23.3 Å². The summed E-state index contributed by atoms with van der Waals surface area (Å²) in [5.74, 6) is 0.410. The van der Waals surface area contributed by atoms with Crippen molar-refractivity contribution in [1.29, 1.82) is 0 Å². The van der Waals surface area contributed by atoms with E-state index < -0.39 is 20.6 Å². The molecule has 176 valence electrons. The third kappa shape index (κ3) is 4.93. The van der Waals surface area contributed by atoms with E-state index >= 15 is 0 Å². The standard InChI is InChI=1S/C22H26N4O6S/c1-32-20-10-9-18(15-19(20)26(28)29)33(30,31)25-13-11-24(12-14-25)22(27)23-21(17-7-8-17)16-5-3-2-4-6-16/h2-6,9-10,15,17,21H,7-8,11-14H2,1H3,(H,23,27)/t21-/m0/s1. The van der Waals surface area contributed by atoms with E-state index in [0.717, 1.165) is 24.5 Å². The van der Waals surface area contributed by atoms with Crippen molar-refractivity contribution in [2.45, 2.75) is 23.8 Å². The summed E-state index contributed by atoms with van der Waals surface area (Å²) in [5.41, 5.74) is 0.652. The number of nitro benzene ring substituents is 1. The van der Waals surface area contributed by atoms with Gasteiger partial charge in [-0.25, -0.2) is 13.2 Å². The second kappa shape index (κ2) is 9.36. The Bertz CT molecular complexity index is 1130. The molecule has 1 saturated heterocycles. The number of piperazine rings is 1. The molecule has 1 heterocycles. The smallest absolute Gasteiger partial charge is 0.317 e. The second-order valence-corrected chi connectivity index (χ2v) is 10.1. The second-order valence-electron chi connectivity index (χ2n) is 8.16. The highest BCUT2D eigenvalue weighted by molar-refractivity contribution is 7.89. The molecule has 1 aliphatic heterocycles. The average molecular weight is 475 g/mol. The summed E-state index contributed by atoms with van der Waals surface area (Å²) in [4.78, 5) is 24.9. The molecular formula is C22H26N4O6S. The third-order valence-corrected chi connectivity index (χ3v) is 7.94. The lowest BCUT2D eigenvalue weighted by Crippen LogP contribution is -2.53. The first-order valence-electron chi connectivity index (χ1n) is 10.7. The summed E-state index contributed by atoms with van der Waals surface area (Å²) in [6.45, 7) is 0.676. The van der Waals surface area contributed by atoms with Gasteiger partial charge in [0.05, 0.1) is 23.0 Å². The van der Waals surface area contributed by atoms with E-state index in [1.807, 2.05) is 30.3 Å². The number of nitrogens with one attached hydrogen (secondary N) is 1. The van der Waals surface area contributed by atoms with Crippen LogP contribution in [0.15, 0.2) is 53.4 Å². The first-order chi connectivity index (χ1) is 15.8. The normalized spacial score (nSPS) is 17.9. The van der Waals surface area contributed by atoms with Crippen molar-refractivity contribution in [2.75, 3.05) is 33.3 Å². The number of nitrogens with zero attached hydrogens (tertiary/aromatic N) is 3. The molecule has 2 aliphatic rings. The highest BCUT2D eigenvalue weighted by Gasteiger charge is 2.36. The van der Waals surface area contributed by atoms with E-state index in [1.165, 1.54) is 23.5 Å². The van der Waals surface area contributed by atoms with Crippen molar-refractivity contribution in [3.8, 4) is 5.75 Å². The van der Waals surface area contributed by atoms with Crippen molar-refractivity contribution in [2.24, 2.45) is 5.92 Å². The monoisotopic (exact) mass is 474 g/mol. The largest absolute Gasteiger partial charge is 0.490 e. The average Bonchev–Trinajstić information content (AvgIpc) is 3.68. The van der Waals surface area contributed by atoms with Crippen molar-refractivity contribution >= 4 is 21.7 Å². The molecule has 0 radical (unpaired) electrons. The Labute approximate surface area is 192 Å². The Morgan fingerprint density at radius 2 is 1.79 bits per heavy atom. The number of amides is 2. The number of rotatable bonds is 7. The zero-order valence-electron chi connectivity index (χ0n) is 18.2. The van der Waals surface area contributed by atoms with Crippen LogP contribution >= 0.6 is 0 Å². The molecule has 0 unspecified atom stereocenters. The molecule has 2 fully saturated rings. The van der Waals surface area contributed by atoms with Crippen molar-refractivity contribution < 1.29 is 22.9 Å². The maximum Gasteiger partial charge on any atom is 0.317 e. The van der Waals surface area contributed by atoms with E-state index in [0.29, 0.717) is 5.92 Å². The minimum Gasteiger partial charge on any atom is -0.490 e. The van der Waals surface area contributed by atoms with Gasteiger partial charge in [0, 0.05) is 32.2 Å². The number of carbonyl (C=O) groups excluding carboxylic acids is 1. The molecule has 1 N–H and O–H groups in total. The first kappa shape index (κ1) is 23.0. The molecule has 1 saturated carbocycles. The number of methoxy groups -OCH3 is 1. The van der Waals surface area contributed by atoms with Gasteiger partial charge in [0.15, 0.2) is 5.75 Å². The van der Waals surface area contributed by atoms with Gasteiger partial charge in [-0.1, -0.05) is 30.3 Å². The van der Waals surface area contributed by atoms with Crippen LogP contribution in [0.5, 0.6) is 5.75 Å². The summed E-state index contributed by atoms with van der Waals surface area (Å²) in [5, 5.41) is 14.4. The predicted octanol–water partition coefficient (Wildman–Crippen LogP) is 2.77. The molecular weight excluding hydrogens is 448 g/mol. The van der Waals surface area contributed by atoms with Crippen LogP contribution in [0.25, 0.3) is 0 Å². The SMILES string of the molecule is COc1ccc(S(=O)(=O)N2CCN(C(=O)N[C@@H](c3ccccc3)C3CC3)CC2)cc1[N+](=O)[O-]. The van der Waals surface area contributed by atoms with Gasteiger partial charge >= 0.3 is 11.7 Å². The first-order valence-corrected chi connectivity index (χ1v) is 12.2. The molecule has 1 atom stereocenters. The number of hydrogen-bond donors (Lipinski definition) is 1. The highest BCUT2D eigenvalue weighted by Crippen LogP contribution is 2.41. The van der Waals surface area contributed by atoms with Crippen LogP contribution in [-0.2, 0) is 10.0 Å². The fraction of sp³-hybridized carbons (Fsp3) is 0.409. The number of nitro groups is 1. The van der Waals surface area contributed by atoms with E-state index in [-0.39, 0.29) is 48.9 Å². The van der Waals surface area contributed by atoms with Crippen LogP contribution in [0.2, 0.25) is 0 Å². The molecule has 2 aromatic rings. The Kier molecular flexibility index (Phi) is 6.52. The number of sulfonamides is 1. The molecule has 2 amide bonds. The number of hydrogen-bond acceptors (Lipinski definition) is 6. The highest BCUT2D eigenvalue weighted by atomic mass is 32.2. The van der Waals surface area contributed by atoms with Gasteiger partial charge in [0.2, 0.25) is 10.0 Å². The number of carbonyl (C=O) groups is 1. The van der Waals surface area contributed by atoms with E-state index in [2.05, 4.69) is 5.32 Å². The summed E-state index contributed by atoms with van der Waals surface area (Å²) in [6.07, 6.45) is 2.14. The molecule has 33 heavy (non-hydrogen) atoms. The Morgan fingerprint density at radius 1 is 1.12 bits per heavy atom. The predicted molar refractivity (Wildman–Crippen MR) is 120 cm³/mol. The number of urea groups is 1. The molecule has 0 spiro atoms. The van der Waals surface area contributed by atoms with E-state index in [1.54, 1.807) is 4.90 Å². The summed E-state index contributed by atoms with van der Waals surface area (Å²) in [7, 11) is -2.66. The van der Waals surface area contributed by atoms with Crippen molar-refractivity contribution in [3.05, 3.63) is 64.2 Å². The van der Waals surface area contributed by atoms with Gasteiger partial charge in [-0.05, 0) is 36.5 Å². The molecule has 4 rings (SSSR count). The third-order valence-electron chi connectivity index (χ3n) is 6.04. The lowest BCUT2D eigenvalue weighted by Gasteiger charge is -2.35. The fourth-order valence-electron chi connectivity index (χ4n) is 4.04. The van der Waals surface area contributed by atoms with Gasteiger partial charge in [0.25, 0.3) is 0 Å². The minimum absolute atomic E-state index is 0.0101. The van der Waals surface area contributed by atoms with Gasteiger partial charge in [-0.2, -0.15) is 4.31 Å². The fourth-order valence-corrected chi connectivity index (χ4v) is 5.48. The van der Waals surface area contributed by atoms with Gasteiger partial charge in [-0.3, -0.25) is 10.1 Å². The summed E-state index contributed by atoms with van der Waals surface area (Å²) in [6, 6.07) is 13.1. The van der Waals surface area contributed by atoms with Crippen LogP contribution in [-0.4, -0.2) is 61.9 Å². The van der Waals surface area contributed by atoms with Crippen molar-refractivity contribution in [3.63, 3.8) is 0 Å². The zero-order chi connectivity index (χ0) is 23.6. The van der Waals surface area contributed by atoms with Crippen LogP contribution in [0, 0.1) is 16.0 Å². The van der Waals surface area contributed by atoms with Gasteiger partial charge in [0.1, 0.15) is 0 Å². The topological polar surface area (TPSA) is 122 Å². The van der Waals surface area contributed by atoms with Crippen LogP contribution < -0.4 is 10.1 Å². The number of benzene rings is 2. The van der Waals surface area contributed by atoms with Crippen LogP contribution in [0.4, 0.5) is 10.5 Å². The molecule has 10 nitrogen and oxygen atoms in total. The molecule has 0 aromatic heterocycles. The van der Waals surface area contributed by atoms with Crippen LogP contribution in [0.1, 0.15) is 24.4 Å². The number of ether oxygens (including phenoxy) is 1. The maximum absolute atomic E-state index is 13.0. The lowest BCUT2D eigenvalue weighted by molar-refractivity contribution is -0.386. The molecule has 11 heteroatoms. The maximum atomic E-state index is 13.0. The molecule has 2 aromatic carbocycles. The Morgan fingerprint density at radius 3 is 2.36 bits per heavy atom. The Hall–Kier alpha value is -3.18. The van der Waals surface area contributed by atoms with Gasteiger partial charge < -0.3 is 15.0 Å². The van der Waals surface area contributed by atoms with Crippen LogP contribution in [0.3, 0.4) is 0 Å². The molecule has 1 aliphatic carbocycles. The Balaban J connectivity index is 1.41. The summed E-state index contributed by atoms with van der Waals surface area (Å²) < 4.78 is 32.3. The quantitative estimate of drug-likeness (QED) is 0.486. The minimum atomic E-state index is -3.95. The molecule has 0 bridgehead atoms. The van der Waals surface area contributed by atoms with E-state index in [4.69, 9.17) is 4.74 Å². The van der Waals surface area contributed by atoms with Gasteiger partial charge in [-0.15, -0.1) is 0 Å². The lowest BCUT2D eigenvalue weighted by atomic mass is 10.0. The van der Waals surface area contributed by atoms with Crippen molar-refractivity contribution in [1.82, 2.24) is 14.5 Å².